The van der Waals surface area contributed by atoms with Crippen LogP contribution in [-0.4, -0.2) is 46.1 Å². The predicted octanol–water partition coefficient (Wildman–Crippen LogP) is 4.06. The number of nitrogens with zero attached hydrogens (tertiary/aromatic N) is 5. The Morgan fingerprint density at radius 2 is 2.00 bits per heavy atom. The summed E-state index contributed by atoms with van der Waals surface area (Å²) in [6.45, 7) is 4.88. The summed E-state index contributed by atoms with van der Waals surface area (Å²) in [7, 11) is 0. The van der Waals surface area contributed by atoms with Crippen LogP contribution in [-0.2, 0) is 4.74 Å². The van der Waals surface area contributed by atoms with Gasteiger partial charge in [0.05, 0.1) is 36.6 Å². The number of halogens is 2. The molecule has 0 amide bonds. The first-order valence-electron chi connectivity index (χ1n) is 11.5. The van der Waals surface area contributed by atoms with Gasteiger partial charge in [0.15, 0.2) is 5.82 Å². The molecule has 10 heteroatoms. The van der Waals surface area contributed by atoms with E-state index in [0.29, 0.717) is 48.0 Å². The van der Waals surface area contributed by atoms with E-state index in [4.69, 9.17) is 16.3 Å². The average Bonchev–Trinajstić information content (AvgIpc) is 2.83. The van der Waals surface area contributed by atoms with Gasteiger partial charge in [0.1, 0.15) is 5.02 Å². The molecule has 3 atom stereocenters. The molecule has 2 aliphatic rings. The second-order valence-electron chi connectivity index (χ2n) is 8.73. The largest absolute Gasteiger partial charge is 0.382 e. The summed E-state index contributed by atoms with van der Waals surface area (Å²) >= 11 is 6.42. The van der Waals surface area contributed by atoms with Crippen LogP contribution in [0.15, 0.2) is 47.7 Å². The average molecular weight is 485 g/mol. The van der Waals surface area contributed by atoms with E-state index in [1.165, 1.54) is 23.7 Å². The first-order valence-corrected chi connectivity index (χ1v) is 11.9. The lowest BCUT2D eigenvalue weighted by Gasteiger charge is -2.45. The smallest absolute Gasteiger partial charge is 0.292 e. The Morgan fingerprint density at radius 3 is 2.68 bits per heavy atom. The molecule has 0 bridgehead atoms. The highest BCUT2D eigenvalue weighted by molar-refractivity contribution is 6.32. The maximum atomic E-state index is 13.1. The zero-order valence-electron chi connectivity index (χ0n) is 18.8. The van der Waals surface area contributed by atoms with Gasteiger partial charge < -0.3 is 15.0 Å². The Balaban J connectivity index is 1.31. The molecule has 1 aliphatic carbocycles. The van der Waals surface area contributed by atoms with Crippen molar-refractivity contribution in [2.24, 2.45) is 17.8 Å². The van der Waals surface area contributed by atoms with E-state index in [-0.39, 0.29) is 5.02 Å². The second-order valence-corrected chi connectivity index (χ2v) is 9.10. The Labute approximate surface area is 201 Å². The summed E-state index contributed by atoms with van der Waals surface area (Å²) in [5.74, 6) is 1.68. The van der Waals surface area contributed by atoms with Crippen molar-refractivity contribution in [3.05, 3.63) is 64.2 Å². The van der Waals surface area contributed by atoms with Crippen molar-refractivity contribution in [1.82, 2.24) is 19.7 Å². The van der Waals surface area contributed by atoms with E-state index in [0.717, 1.165) is 25.1 Å². The van der Waals surface area contributed by atoms with Crippen molar-refractivity contribution in [3.8, 4) is 5.69 Å². The van der Waals surface area contributed by atoms with Crippen LogP contribution in [0.5, 0.6) is 0 Å². The van der Waals surface area contributed by atoms with Crippen LogP contribution < -0.4 is 15.8 Å². The number of benzene rings is 1. The van der Waals surface area contributed by atoms with E-state index in [2.05, 4.69) is 20.4 Å². The highest BCUT2D eigenvalue weighted by Gasteiger charge is 2.40. The minimum atomic E-state index is -0.630. The molecule has 1 aromatic carbocycles. The van der Waals surface area contributed by atoms with Crippen LogP contribution in [0.25, 0.3) is 5.69 Å². The molecule has 1 saturated heterocycles. The Hall–Kier alpha value is -3.04. The molecule has 1 aliphatic heterocycles. The molecular formula is C24H26ClFN6O2. The molecule has 2 aromatic heterocycles. The zero-order valence-corrected chi connectivity index (χ0v) is 19.6. The lowest BCUT2D eigenvalue weighted by Crippen LogP contribution is -2.45. The van der Waals surface area contributed by atoms with Crippen LogP contribution >= 0.6 is 11.6 Å². The van der Waals surface area contributed by atoms with Gasteiger partial charge in [-0.3, -0.25) is 4.79 Å². The van der Waals surface area contributed by atoms with Gasteiger partial charge in [0, 0.05) is 31.3 Å². The molecule has 2 fully saturated rings. The maximum absolute atomic E-state index is 13.1. The molecule has 34 heavy (non-hydrogen) atoms. The molecule has 178 valence electrons. The molecule has 0 radical (unpaired) electrons. The standard InChI is InChI=1S/C24H26ClFN6O2/c1-2-31(22-12-28-21(26)11-29-22)17-4-6-18(7-5-17)32-24(33)23(25)20(10-30-32)27-9-16-14-34-13-15-3-8-19(15)16/h4-7,10-12,15-16,19,27H,2-3,8-9,13-14H2,1H3/t15-,16+,19-/m1/s1. The van der Waals surface area contributed by atoms with E-state index >= 15 is 0 Å². The van der Waals surface area contributed by atoms with Gasteiger partial charge in [-0.05, 0) is 55.9 Å². The molecule has 0 unspecified atom stereocenters. The summed E-state index contributed by atoms with van der Waals surface area (Å²) < 4.78 is 20.1. The SMILES string of the molecule is CCN(c1ccc(-n2ncc(NC[C@H]3COC[C@H]4CC[C@H]43)c(Cl)c2=O)cc1)c1cnc(F)cn1. The molecule has 5 rings (SSSR count). The lowest BCUT2D eigenvalue weighted by molar-refractivity contribution is -0.0719. The van der Waals surface area contributed by atoms with Gasteiger partial charge in [-0.25, -0.2) is 9.97 Å². The molecule has 8 nitrogen and oxygen atoms in total. The van der Waals surface area contributed by atoms with Crippen LogP contribution in [0, 0.1) is 23.7 Å². The Bertz CT molecular complexity index is 1200. The monoisotopic (exact) mass is 484 g/mol. The minimum Gasteiger partial charge on any atom is -0.382 e. The van der Waals surface area contributed by atoms with Crippen molar-refractivity contribution in [1.29, 1.82) is 0 Å². The van der Waals surface area contributed by atoms with E-state index in [1.54, 1.807) is 18.3 Å². The molecule has 3 heterocycles. The van der Waals surface area contributed by atoms with Gasteiger partial charge in [0.2, 0.25) is 5.95 Å². The Morgan fingerprint density at radius 1 is 1.18 bits per heavy atom. The van der Waals surface area contributed by atoms with Gasteiger partial charge >= 0.3 is 0 Å². The van der Waals surface area contributed by atoms with E-state index < -0.39 is 11.5 Å². The van der Waals surface area contributed by atoms with Crippen molar-refractivity contribution in [3.63, 3.8) is 0 Å². The normalized spacial score (nSPS) is 21.4. The van der Waals surface area contributed by atoms with Crippen LogP contribution in [0.4, 0.5) is 21.6 Å². The third-order valence-electron chi connectivity index (χ3n) is 6.82. The summed E-state index contributed by atoms with van der Waals surface area (Å²) in [5.41, 5.74) is 1.56. The highest BCUT2D eigenvalue weighted by atomic mass is 35.5. The number of hydrogen-bond donors (Lipinski definition) is 1. The van der Waals surface area contributed by atoms with Crippen molar-refractivity contribution < 1.29 is 9.13 Å². The van der Waals surface area contributed by atoms with Gasteiger partial charge in [-0.15, -0.1) is 0 Å². The molecule has 0 spiro atoms. The third-order valence-corrected chi connectivity index (χ3v) is 7.19. The predicted molar refractivity (Wildman–Crippen MR) is 129 cm³/mol. The number of nitrogens with one attached hydrogen (secondary N) is 1. The minimum absolute atomic E-state index is 0.109. The van der Waals surface area contributed by atoms with E-state index in [1.807, 2.05) is 24.0 Å². The quantitative estimate of drug-likeness (QED) is 0.541. The number of ether oxygens (including phenoxy) is 1. The van der Waals surface area contributed by atoms with Crippen molar-refractivity contribution in [2.45, 2.75) is 19.8 Å². The maximum Gasteiger partial charge on any atom is 0.292 e. The number of anilines is 3. The van der Waals surface area contributed by atoms with Crippen LogP contribution in [0.2, 0.25) is 5.02 Å². The summed E-state index contributed by atoms with van der Waals surface area (Å²) in [6, 6.07) is 7.25. The second kappa shape index (κ2) is 9.68. The number of fused-ring (bicyclic) bond motifs is 1. The zero-order chi connectivity index (χ0) is 23.7. The van der Waals surface area contributed by atoms with Gasteiger partial charge in [0.25, 0.3) is 5.56 Å². The summed E-state index contributed by atoms with van der Waals surface area (Å²) in [5, 5.41) is 7.75. The van der Waals surface area contributed by atoms with Crippen LogP contribution in [0.1, 0.15) is 19.8 Å². The Kier molecular flexibility index (Phi) is 6.47. The lowest BCUT2D eigenvalue weighted by atomic mass is 9.66. The van der Waals surface area contributed by atoms with E-state index in [9.17, 15) is 9.18 Å². The van der Waals surface area contributed by atoms with Crippen LogP contribution in [0.3, 0.4) is 0 Å². The van der Waals surface area contributed by atoms with Crippen molar-refractivity contribution in [2.75, 3.05) is 36.5 Å². The third kappa shape index (κ3) is 4.37. The fourth-order valence-electron chi connectivity index (χ4n) is 4.80. The number of rotatable bonds is 7. The molecular weight excluding hydrogens is 459 g/mol. The topological polar surface area (TPSA) is 85.2 Å². The number of hydrogen-bond acceptors (Lipinski definition) is 7. The summed E-state index contributed by atoms with van der Waals surface area (Å²) in [4.78, 5) is 22.6. The molecule has 1 saturated carbocycles. The molecule has 3 aromatic rings. The first-order chi connectivity index (χ1) is 16.5. The first kappa shape index (κ1) is 22.7. The summed E-state index contributed by atoms with van der Waals surface area (Å²) in [6.07, 6.45) is 6.54. The van der Waals surface area contributed by atoms with Gasteiger partial charge in [-0.1, -0.05) is 11.6 Å². The molecule has 1 N–H and O–H groups in total. The van der Waals surface area contributed by atoms with Crippen molar-refractivity contribution >= 4 is 28.8 Å². The fourth-order valence-corrected chi connectivity index (χ4v) is 5.00. The fraction of sp³-hybridized carbons (Fsp3) is 0.417. The number of aromatic nitrogens is 4. The highest BCUT2D eigenvalue weighted by Crippen LogP contribution is 2.43. The van der Waals surface area contributed by atoms with Gasteiger partial charge in [-0.2, -0.15) is 14.2 Å².